The first kappa shape index (κ1) is 12.7. The molecule has 2 aromatic rings. The molecular weight excluding hydrogens is 248 g/mol. The molecule has 0 saturated heterocycles. The third kappa shape index (κ3) is 2.95. The lowest BCUT2D eigenvalue weighted by molar-refractivity contribution is -0.385. The molecule has 0 fully saturated rings. The summed E-state index contributed by atoms with van der Waals surface area (Å²) in [5.74, 6) is 1.49. The minimum Gasteiger partial charge on any atom is -0.439 e. The van der Waals surface area contributed by atoms with Gasteiger partial charge in [0, 0.05) is 24.7 Å². The molecule has 0 radical (unpaired) electrons. The molecule has 19 heavy (non-hydrogen) atoms. The lowest BCUT2D eigenvalue weighted by atomic mass is 10.2. The highest BCUT2D eigenvalue weighted by atomic mass is 16.6. The van der Waals surface area contributed by atoms with Gasteiger partial charge < -0.3 is 10.1 Å². The van der Waals surface area contributed by atoms with E-state index in [4.69, 9.17) is 4.74 Å². The molecule has 0 aliphatic carbocycles. The van der Waals surface area contributed by atoms with Crippen LogP contribution in [-0.4, -0.2) is 21.9 Å². The Morgan fingerprint density at radius 3 is 2.74 bits per heavy atom. The van der Waals surface area contributed by atoms with Gasteiger partial charge >= 0.3 is 0 Å². The third-order valence-corrected chi connectivity index (χ3v) is 2.49. The zero-order chi connectivity index (χ0) is 13.8. The summed E-state index contributed by atoms with van der Waals surface area (Å²) in [7, 11) is 1.74. The highest BCUT2D eigenvalue weighted by molar-refractivity contribution is 5.45. The van der Waals surface area contributed by atoms with E-state index in [1.165, 1.54) is 18.5 Å². The molecular formula is C12H12N4O3. The molecule has 0 saturated carbocycles. The lowest BCUT2D eigenvalue weighted by Crippen LogP contribution is -1.96. The Morgan fingerprint density at radius 1 is 1.32 bits per heavy atom. The smallest absolute Gasteiger partial charge is 0.272 e. The van der Waals surface area contributed by atoms with Gasteiger partial charge in [0.1, 0.15) is 17.9 Å². The van der Waals surface area contributed by atoms with E-state index in [1.807, 2.05) is 0 Å². The van der Waals surface area contributed by atoms with Crippen molar-refractivity contribution in [1.82, 2.24) is 9.97 Å². The van der Waals surface area contributed by atoms with E-state index in [2.05, 4.69) is 15.3 Å². The van der Waals surface area contributed by atoms with Crippen LogP contribution in [0.4, 0.5) is 11.5 Å². The van der Waals surface area contributed by atoms with Crippen molar-refractivity contribution in [3.63, 3.8) is 0 Å². The summed E-state index contributed by atoms with van der Waals surface area (Å²) in [6, 6.07) is 6.17. The average Bonchev–Trinajstić information content (AvgIpc) is 2.38. The molecule has 0 amide bonds. The number of nitrogens with zero attached hydrogens (tertiary/aromatic N) is 3. The maximum absolute atomic E-state index is 10.7. The van der Waals surface area contributed by atoms with Gasteiger partial charge in [-0.15, -0.1) is 0 Å². The number of rotatable bonds is 4. The Bertz CT molecular complexity index is 616. The van der Waals surface area contributed by atoms with Gasteiger partial charge in [0.2, 0.25) is 5.88 Å². The minimum atomic E-state index is -0.428. The fourth-order valence-electron chi connectivity index (χ4n) is 1.55. The fraction of sp³-hybridized carbons (Fsp3) is 0.167. The van der Waals surface area contributed by atoms with Crippen LogP contribution in [0.5, 0.6) is 11.6 Å². The first-order chi connectivity index (χ1) is 9.10. The Labute approximate surface area is 109 Å². The first-order valence-corrected chi connectivity index (χ1v) is 5.53. The van der Waals surface area contributed by atoms with Crippen molar-refractivity contribution in [1.29, 1.82) is 0 Å². The number of nitrogens with one attached hydrogen (secondary N) is 1. The van der Waals surface area contributed by atoms with Crippen molar-refractivity contribution in [2.75, 3.05) is 12.4 Å². The zero-order valence-corrected chi connectivity index (χ0v) is 10.5. The van der Waals surface area contributed by atoms with Crippen LogP contribution in [-0.2, 0) is 0 Å². The van der Waals surface area contributed by atoms with Gasteiger partial charge in [0.15, 0.2) is 0 Å². The Morgan fingerprint density at radius 2 is 2.11 bits per heavy atom. The molecule has 0 bridgehead atoms. The summed E-state index contributed by atoms with van der Waals surface area (Å²) in [4.78, 5) is 18.2. The quantitative estimate of drug-likeness (QED) is 0.671. The van der Waals surface area contributed by atoms with Crippen molar-refractivity contribution < 1.29 is 9.66 Å². The van der Waals surface area contributed by atoms with E-state index < -0.39 is 4.92 Å². The number of hydrogen-bond acceptors (Lipinski definition) is 6. The van der Waals surface area contributed by atoms with E-state index in [9.17, 15) is 10.1 Å². The molecule has 0 unspecified atom stereocenters. The molecule has 1 N–H and O–H groups in total. The monoisotopic (exact) mass is 260 g/mol. The number of benzene rings is 1. The molecule has 7 nitrogen and oxygen atoms in total. The maximum atomic E-state index is 10.7. The van der Waals surface area contributed by atoms with Crippen molar-refractivity contribution in [3.8, 4) is 11.6 Å². The van der Waals surface area contributed by atoms with E-state index in [1.54, 1.807) is 26.1 Å². The number of ether oxygens (including phenoxy) is 1. The van der Waals surface area contributed by atoms with Gasteiger partial charge in [-0.25, -0.2) is 9.97 Å². The number of aromatic nitrogens is 2. The summed E-state index contributed by atoms with van der Waals surface area (Å²) in [5, 5.41) is 13.6. The largest absolute Gasteiger partial charge is 0.439 e. The van der Waals surface area contributed by atoms with Gasteiger partial charge in [-0.1, -0.05) is 0 Å². The van der Waals surface area contributed by atoms with Crippen molar-refractivity contribution >= 4 is 11.5 Å². The first-order valence-electron chi connectivity index (χ1n) is 5.53. The van der Waals surface area contributed by atoms with Crippen LogP contribution >= 0.6 is 0 Å². The summed E-state index contributed by atoms with van der Waals surface area (Å²) in [6.07, 6.45) is 1.37. The minimum absolute atomic E-state index is 0.0611. The predicted octanol–water partition coefficient (Wildman–Crippen LogP) is 2.53. The van der Waals surface area contributed by atoms with Crippen molar-refractivity contribution in [2.24, 2.45) is 0 Å². The number of nitro benzene ring substituents is 1. The van der Waals surface area contributed by atoms with Crippen LogP contribution in [0, 0.1) is 17.0 Å². The van der Waals surface area contributed by atoms with E-state index >= 15 is 0 Å². The number of hydrogen-bond donors (Lipinski definition) is 1. The fourth-order valence-corrected chi connectivity index (χ4v) is 1.55. The van der Waals surface area contributed by atoms with Gasteiger partial charge in [0.25, 0.3) is 5.69 Å². The van der Waals surface area contributed by atoms with Crippen LogP contribution in [0.1, 0.15) is 5.56 Å². The van der Waals surface area contributed by atoms with Gasteiger partial charge in [-0.05, 0) is 19.1 Å². The van der Waals surface area contributed by atoms with Crippen LogP contribution in [0.3, 0.4) is 0 Å². The third-order valence-electron chi connectivity index (χ3n) is 2.49. The normalized spacial score (nSPS) is 10.0. The Kier molecular flexibility index (Phi) is 3.56. The molecule has 0 spiro atoms. The van der Waals surface area contributed by atoms with Crippen molar-refractivity contribution in [2.45, 2.75) is 6.92 Å². The molecule has 1 heterocycles. The molecule has 2 rings (SSSR count). The van der Waals surface area contributed by atoms with Crippen LogP contribution in [0.15, 0.2) is 30.6 Å². The van der Waals surface area contributed by atoms with Gasteiger partial charge in [-0.3, -0.25) is 10.1 Å². The summed E-state index contributed by atoms with van der Waals surface area (Å²) in [6.45, 7) is 1.66. The molecule has 0 atom stereocenters. The SMILES string of the molecule is CNc1cc(Oc2ccc([N+](=O)[O-])c(C)c2)ncn1. The second-order valence-corrected chi connectivity index (χ2v) is 3.80. The highest BCUT2D eigenvalue weighted by Gasteiger charge is 2.11. The zero-order valence-electron chi connectivity index (χ0n) is 10.5. The maximum Gasteiger partial charge on any atom is 0.272 e. The van der Waals surface area contributed by atoms with E-state index in [0.29, 0.717) is 23.0 Å². The lowest BCUT2D eigenvalue weighted by Gasteiger charge is -2.06. The Hall–Kier alpha value is -2.70. The Balaban J connectivity index is 2.23. The molecule has 98 valence electrons. The summed E-state index contributed by atoms with van der Waals surface area (Å²) >= 11 is 0. The van der Waals surface area contributed by atoms with Crippen molar-refractivity contribution in [3.05, 3.63) is 46.3 Å². The van der Waals surface area contributed by atoms with E-state index in [0.717, 1.165) is 0 Å². The van der Waals surface area contributed by atoms with Crippen LogP contribution in [0.2, 0.25) is 0 Å². The molecule has 0 aliphatic rings. The van der Waals surface area contributed by atoms with Gasteiger partial charge in [0.05, 0.1) is 4.92 Å². The summed E-state index contributed by atoms with van der Waals surface area (Å²) in [5.41, 5.74) is 0.594. The molecule has 1 aromatic carbocycles. The summed E-state index contributed by atoms with van der Waals surface area (Å²) < 4.78 is 5.52. The standard InChI is InChI=1S/C12H12N4O3/c1-8-5-9(3-4-10(8)16(17)18)19-12-6-11(13-2)14-7-15-12/h3-7H,1-2H3,(H,13,14,15). The van der Waals surface area contributed by atoms with Crippen LogP contribution < -0.4 is 10.1 Å². The second kappa shape index (κ2) is 5.30. The van der Waals surface area contributed by atoms with Gasteiger partial charge in [-0.2, -0.15) is 0 Å². The van der Waals surface area contributed by atoms with E-state index in [-0.39, 0.29) is 5.69 Å². The van der Waals surface area contributed by atoms with Crippen LogP contribution in [0.25, 0.3) is 0 Å². The molecule has 0 aliphatic heterocycles. The number of aryl methyl sites for hydroxylation is 1. The predicted molar refractivity (Wildman–Crippen MR) is 69.5 cm³/mol. The topological polar surface area (TPSA) is 90.2 Å². The number of nitro groups is 1. The number of anilines is 1. The second-order valence-electron chi connectivity index (χ2n) is 3.80. The average molecular weight is 260 g/mol. The highest BCUT2D eigenvalue weighted by Crippen LogP contribution is 2.26. The molecule has 7 heteroatoms. The molecule has 1 aromatic heterocycles.